The molecule has 8 nitrogen and oxygen atoms in total. The van der Waals surface area contributed by atoms with Crippen LogP contribution in [0.3, 0.4) is 0 Å². The van der Waals surface area contributed by atoms with Gasteiger partial charge < -0.3 is 9.47 Å². The number of amides is 1. The van der Waals surface area contributed by atoms with Gasteiger partial charge in [-0.2, -0.15) is 0 Å². The van der Waals surface area contributed by atoms with Crippen molar-refractivity contribution < 1.29 is 9.72 Å². The third-order valence-electron chi connectivity index (χ3n) is 5.28. The van der Waals surface area contributed by atoms with Gasteiger partial charge in [0.05, 0.1) is 22.5 Å². The lowest BCUT2D eigenvalue weighted by molar-refractivity contribution is -0.384. The zero-order chi connectivity index (χ0) is 20.5. The van der Waals surface area contributed by atoms with Crippen molar-refractivity contribution in [3.63, 3.8) is 0 Å². The maximum Gasteiger partial charge on any atom is 0.271 e. The molecule has 0 unspecified atom stereocenters. The van der Waals surface area contributed by atoms with Gasteiger partial charge in [0.2, 0.25) is 0 Å². The van der Waals surface area contributed by atoms with E-state index in [-0.39, 0.29) is 11.6 Å². The van der Waals surface area contributed by atoms with E-state index in [1.807, 2.05) is 16.5 Å². The summed E-state index contributed by atoms with van der Waals surface area (Å²) in [6, 6.07) is 11.7. The van der Waals surface area contributed by atoms with E-state index in [0.29, 0.717) is 35.7 Å². The molecule has 2 aromatic carbocycles. The molecule has 2 heterocycles. The van der Waals surface area contributed by atoms with Gasteiger partial charge in [-0.05, 0) is 30.3 Å². The predicted octanol–water partition coefficient (Wildman–Crippen LogP) is 3.09. The van der Waals surface area contributed by atoms with E-state index >= 15 is 0 Å². The molecule has 1 fully saturated rings. The molecule has 0 aliphatic carbocycles. The first-order valence-electron chi connectivity index (χ1n) is 9.29. The van der Waals surface area contributed by atoms with Crippen LogP contribution in [0.25, 0.3) is 11.0 Å². The third kappa shape index (κ3) is 3.94. The summed E-state index contributed by atoms with van der Waals surface area (Å²) in [5.41, 5.74) is 2.16. The van der Waals surface area contributed by atoms with Crippen molar-refractivity contribution >= 4 is 34.2 Å². The van der Waals surface area contributed by atoms with E-state index in [0.717, 1.165) is 24.4 Å². The number of aryl methyl sites for hydroxylation is 1. The molecule has 0 radical (unpaired) electrons. The van der Waals surface area contributed by atoms with Gasteiger partial charge in [-0.1, -0.05) is 11.6 Å². The van der Waals surface area contributed by atoms with Crippen LogP contribution in [0, 0.1) is 10.1 Å². The fourth-order valence-electron chi connectivity index (χ4n) is 3.58. The van der Waals surface area contributed by atoms with E-state index in [4.69, 9.17) is 11.6 Å². The van der Waals surface area contributed by atoms with Crippen molar-refractivity contribution in [2.24, 2.45) is 7.05 Å². The second kappa shape index (κ2) is 7.81. The standard InChI is InChI=1S/C20H20ClN5O3/c1-23-18-7-6-16(26(28)29)12-17(18)22-19(23)13-24-8-10-25(11-9-24)20(27)14-2-4-15(21)5-3-14/h2-7,12H,8-11,13H2,1H3. The molecule has 3 aromatic rings. The Morgan fingerprint density at radius 3 is 2.48 bits per heavy atom. The van der Waals surface area contributed by atoms with Crippen LogP contribution in [-0.4, -0.2) is 56.4 Å². The molecule has 1 aromatic heterocycles. The number of non-ortho nitro benzene ring substituents is 1. The van der Waals surface area contributed by atoms with Gasteiger partial charge in [0.15, 0.2) is 0 Å². The van der Waals surface area contributed by atoms with E-state index in [1.165, 1.54) is 12.1 Å². The van der Waals surface area contributed by atoms with Crippen LogP contribution in [0.1, 0.15) is 16.2 Å². The molecule has 29 heavy (non-hydrogen) atoms. The first kappa shape index (κ1) is 19.4. The molecular formula is C20H20ClN5O3. The van der Waals surface area contributed by atoms with Gasteiger partial charge in [0, 0.05) is 55.9 Å². The van der Waals surface area contributed by atoms with Crippen molar-refractivity contribution in [3.8, 4) is 0 Å². The minimum atomic E-state index is -0.412. The highest BCUT2D eigenvalue weighted by molar-refractivity contribution is 6.30. The quantitative estimate of drug-likeness (QED) is 0.484. The normalized spacial score (nSPS) is 15.0. The van der Waals surface area contributed by atoms with Crippen molar-refractivity contribution in [1.82, 2.24) is 19.4 Å². The molecule has 0 saturated carbocycles. The molecular weight excluding hydrogens is 394 g/mol. The van der Waals surface area contributed by atoms with E-state index < -0.39 is 4.92 Å². The Hall–Kier alpha value is -2.97. The lowest BCUT2D eigenvalue weighted by Gasteiger charge is -2.34. The fourth-order valence-corrected chi connectivity index (χ4v) is 3.70. The maximum atomic E-state index is 12.6. The van der Waals surface area contributed by atoms with Crippen molar-refractivity contribution in [2.75, 3.05) is 26.2 Å². The summed E-state index contributed by atoms with van der Waals surface area (Å²) in [4.78, 5) is 31.9. The monoisotopic (exact) mass is 413 g/mol. The van der Waals surface area contributed by atoms with Gasteiger partial charge in [0.1, 0.15) is 5.82 Å². The van der Waals surface area contributed by atoms with Crippen LogP contribution in [0.15, 0.2) is 42.5 Å². The molecule has 1 aliphatic rings. The van der Waals surface area contributed by atoms with Gasteiger partial charge in [-0.25, -0.2) is 4.98 Å². The number of aromatic nitrogens is 2. The Bertz CT molecular complexity index is 1070. The smallest absolute Gasteiger partial charge is 0.271 e. The molecule has 0 atom stereocenters. The van der Waals surface area contributed by atoms with Gasteiger partial charge in [-0.3, -0.25) is 19.8 Å². The first-order chi connectivity index (χ1) is 13.9. The average molecular weight is 414 g/mol. The van der Waals surface area contributed by atoms with Crippen molar-refractivity contribution in [3.05, 3.63) is 69.0 Å². The summed E-state index contributed by atoms with van der Waals surface area (Å²) in [6.45, 7) is 3.38. The van der Waals surface area contributed by atoms with Crippen molar-refractivity contribution in [2.45, 2.75) is 6.54 Å². The maximum absolute atomic E-state index is 12.6. The van der Waals surface area contributed by atoms with Crippen LogP contribution >= 0.6 is 11.6 Å². The van der Waals surface area contributed by atoms with E-state index in [1.54, 1.807) is 30.3 Å². The molecule has 0 bridgehead atoms. The van der Waals surface area contributed by atoms with Gasteiger partial charge in [0.25, 0.3) is 11.6 Å². The Morgan fingerprint density at radius 2 is 1.83 bits per heavy atom. The molecule has 0 N–H and O–H groups in total. The minimum absolute atomic E-state index is 0.0105. The van der Waals surface area contributed by atoms with Crippen LogP contribution in [0.4, 0.5) is 5.69 Å². The largest absolute Gasteiger partial charge is 0.336 e. The number of carbonyl (C=O) groups is 1. The number of fused-ring (bicyclic) bond motifs is 1. The van der Waals surface area contributed by atoms with Gasteiger partial charge >= 0.3 is 0 Å². The first-order valence-corrected chi connectivity index (χ1v) is 9.67. The average Bonchev–Trinajstić information content (AvgIpc) is 3.03. The lowest BCUT2D eigenvalue weighted by atomic mass is 10.2. The number of nitro groups is 1. The highest BCUT2D eigenvalue weighted by Gasteiger charge is 2.23. The van der Waals surface area contributed by atoms with Crippen LogP contribution in [-0.2, 0) is 13.6 Å². The number of nitrogens with zero attached hydrogens (tertiary/aromatic N) is 5. The van der Waals surface area contributed by atoms with Crippen molar-refractivity contribution in [1.29, 1.82) is 0 Å². The van der Waals surface area contributed by atoms with E-state index in [9.17, 15) is 14.9 Å². The molecule has 1 aliphatic heterocycles. The third-order valence-corrected chi connectivity index (χ3v) is 5.54. The zero-order valence-electron chi connectivity index (χ0n) is 15.9. The molecule has 9 heteroatoms. The summed E-state index contributed by atoms with van der Waals surface area (Å²) < 4.78 is 1.96. The highest BCUT2D eigenvalue weighted by Crippen LogP contribution is 2.22. The van der Waals surface area contributed by atoms with Crippen LogP contribution < -0.4 is 0 Å². The number of hydrogen-bond donors (Lipinski definition) is 0. The number of hydrogen-bond acceptors (Lipinski definition) is 5. The Kier molecular flexibility index (Phi) is 5.21. The zero-order valence-corrected chi connectivity index (χ0v) is 16.7. The van der Waals surface area contributed by atoms with Gasteiger partial charge in [-0.15, -0.1) is 0 Å². The van der Waals surface area contributed by atoms with E-state index in [2.05, 4.69) is 9.88 Å². The number of rotatable bonds is 4. The molecule has 1 amide bonds. The molecule has 150 valence electrons. The fraction of sp³-hybridized carbons (Fsp3) is 0.300. The summed E-state index contributed by atoms with van der Waals surface area (Å²) in [6.07, 6.45) is 0. The second-order valence-corrected chi connectivity index (χ2v) is 7.53. The predicted molar refractivity (Wildman–Crippen MR) is 110 cm³/mol. The summed E-state index contributed by atoms with van der Waals surface area (Å²) in [5.74, 6) is 0.856. The van der Waals surface area contributed by atoms with Crippen LogP contribution in [0.2, 0.25) is 5.02 Å². The minimum Gasteiger partial charge on any atom is -0.336 e. The number of nitro benzene ring substituents is 1. The Labute approximate surface area is 172 Å². The summed E-state index contributed by atoms with van der Waals surface area (Å²) >= 11 is 5.89. The Morgan fingerprint density at radius 1 is 1.14 bits per heavy atom. The molecule has 0 spiro atoms. The second-order valence-electron chi connectivity index (χ2n) is 7.09. The number of piperazine rings is 1. The topological polar surface area (TPSA) is 84.5 Å². The number of carbonyl (C=O) groups excluding carboxylic acids is 1. The number of imidazole rings is 1. The number of benzene rings is 2. The lowest BCUT2D eigenvalue weighted by Crippen LogP contribution is -2.48. The summed E-state index contributed by atoms with van der Waals surface area (Å²) in [5, 5.41) is 11.6. The summed E-state index contributed by atoms with van der Waals surface area (Å²) in [7, 11) is 1.91. The highest BCUT2D eigenvalue weighted by atomic mass is 35.5. The Balaban J connectivity index is 1.42. The molecule has 1 saturated heterocycles. The SMILES string of the molecule is Cn1c(CN2CCN(C(=O)c3ccc(Cl)cc3)CC2)nc2cc([N+](=O)[O-])ccc21. The number of halogens is 1. The van der Waals surface area contributed by atoms with Crippen LogP contribution in [0.5, 0.6) is 0 Å². The molecule has 4 rings (SSSR count).